The molecule has 0 radical (unpaired) electrons. The molecule has 0 aliphatic heterocycles. The van der Waals surface area contributed by atoms with Gasteiger partial charge in [0.15, 0.2) is 0 Å². The molecule has 4 heteroatoms. The Kier molecular flexibility index (Phi) is 9.52. The third-order valence-electron chi connectivity index (χ3n) is 2.38. The van der Waals surface area contributed by atoms with Gasteiger partial charge in [-0.25, -0.2) is 0 Å². The van der Waals surface area contributed by atoms with E-state index in [-0.39, 0.29) is 18.6 Å². The Hall–Kier alpha value is -0.610. The van der Waals surface area contributed by atoms with E-state index in [2.05, 4.69) is 5.32 Å². The number of rotatable bonds is 9. The molecule has 1 atom stereocenters. The second kappa shape index (κ2) is 9.93. The van der Waals surface area contributed by atoms with Gasteiger partial charge in [-0.2, -0.15) is 0 Å². The third-order valence-corrected chi connectivity index (χ3v) is 2.38. The van der Waals surface area contributed by atoms with Crippen molar-refractivity contribution in [3.63, 3.8) is 0 Å². The van der Waals surface area contributed by atoms with Gasteiger partial charge in [-0.3, -0.25) is 4.79 Å². The Morgan fingerprint density at radius 1 is 1.33 bits per heavy atom. The summed E-state index contributed by atoms with van der Waals surface area (Å²) < 4.78 is 0. The summed E-state index contributed by atoms with van der Waals surface area (Å²) in [6.45, 7) is 2.96. The van der Waals surface area contributed by atoms with Gasteiger partial charge >= 0.3 is 0 Å². The van der Waals surface area contributed by atoms with Crippen LogP contribution in [0.2, 0.25) is 0 Å². The number of hydrogen-bond acceptors (Lipinski definition) is 3. The molecule has 0 fully saturated rings. The average Bonchev–Trinajstić information content (AvgIpc) is 2.23. The fourth-order valence-electron chi connectivity index (χ4n) is 1.27. The summed E-state index contributed by atoms with van der Waals surface area (Å²) in [5.41, 5.74) is 5.66. The smallest absolute Gasteiger partial charge is 0.221 e. The SMILES string of the molecule is CCC(N)CC(=O)NCCCCCCO. The van der Waals surface area contributed by atoms with E-state index in [4.69, 9.17) is 10.8 Å². The molecule has 0 aromatic carbocycles. The van der Waals surface area contributed by atoms with Crippen molar-refractivity contribution in [3.05, 3.63) is 0 Å². The molecule has 0 rings (SSSR count). The summed E-state index contributed by atoms with van der Waals surface area (Å²) in [4.78, 5) is 11.3. The van der Waals surface area contributed by atoms with E-state index in [1.165, 1.54) is 0 Å². The fraction of sp³-hybridized carbons (Fsp3) is 0.909. The van der Waals surface area contributed by atoms with E-state index < -0.39 is 0 Å². The predicted molar refractivity (Wildman–Crippen MR) is 61.4 cm³/mol. The average molecular weight is 216 g/mol. The molecule has 0 heterocycles. The summed E-state index contributed by atoms with van der Waals surface area (Å²) in [6.07, 6.45) is 5.18. The number of nitrogens with two attached hydrogens (primary N) is 1. The van der Waals surface area contributed by atoms with E-state index in [9.17, 15) is 4.79 Å². The molecule has 0 spiro atoms. The predicted octanol–water partition coefficient (Wildman–Crippen LogP) is 0.783. The van der Waals surface area contributed by atoms with Crippen LogP contribution in [0.3, 0.4) is 0 Å². The summed E-state index contributed by atoms with van der Waals surface area (Å²) >= 11 is 0. The van der Waals surface area contributed by atoms with Crippen molar-refractivity contribution in [1.82, 2.24) is 5.32 Å². The lowest BCUT2D eigenvalue weighted by Gasteiger charge is -2.09. The van der Waals surface area contributed by atoms with Gasteiger partial charge in [-0.05, 0) is 19.3 Å². The van der Waals surface area contributed by atoms with Crippen molar-refractivity contribution in [2.45, 2.75) is 51.5 Å². The largest absolute Gasteiger partial charge is 0.396 e. The van der Waals surface area contributed by atoms with Gasteiger partial charge in [0.2, 0.25) is 5.91 Å². The highest BCUT2D eigenvalue weighted by atomic mass is 16.2. The molecular weight excluding hydrogens is 192 g/mol. The van der Waals surface area contributed by atoms with Crippen LogP contribution in [0, 0.1) is 0 Å². The number of aliphatic hydroxyl groups excluding tert-OH is 1. The number of nitrogens with one attached hydrogen (secondary N) is 1. The van der Waals surface area contributed by atoms with E-state index >= 15 is 0 Å². The van der Waals surface area contributed by atoms with Gasteiger partial charge in [0.25, 0.3) is 0 Å². The molecule has 0 aliphatic rings. The molecular formula is C11H24N2O2. The monoisotopic (exact) mass is 216 g/mol. The van der Waals surface area contributed by atoms with E-state index in [1.54, 1.807) is 0 Å². The first-order chi connectivity index (χ1) is 7.20. The first kappa shape index (κ1) is 14.4. The van der Waals surface area contributed by atoms with Gasteiger partial charge in [0, 0.05) is 25.6 Å². The Morgan fingerprint density at radius 2 is 2.00 bits per heavy atom. The quantitative estimate of drug-likeness (QED) is 0.499. The van der Waals surface area contributed by atoms with E-state index in [0.29, 0.717) is 6.42 Å². The van der Waals surface area contributed by atoms with Crippen molar-refractivity contribution >= 4 is 5.91 Å². The van der Waals surface area contributed by atoms with Crippen molar-refractivity contribution < 1.29 is 9.90 Å². The van der Waals surface area contributed by atoms with Crippen LogP contribution in [0.5, 0.6) is 0 Å². The van der Waals surface area contributed by atoms with Crippen LogP contribution in [0.1, 0.15) is 45.4 Å². The van der Waals surface area contributed by atoms with Crippen LogP contribution in [0.25, 0.3) is 0 Å². The van der Waals surface area contributed by atoms with Gasteiger partial charge in [-0.1, -0.05) is 19.8 Å². The Morgan fingerprint density at radius 3 is 2.60 bits per heavy atom. The van der Waals surface area contributed by atoms with E-state index in [1.807, 2.05) is 6.92 Å². The highest BCUT2D eigenvalue weighted by molar-refractivity contribution is 5.76. The Bertz CT molecular complexity index is 163. The molecule has 1 unspecified atom stereocenters. The number of hydrogen-bond donors (Lipinski definition) is 3. The normalized spacial score (nSPS) is 12.5. The summed E-state index contributed by atoms with van der Waals surface area (Å²) in [5, 5.41) is 11.4. The number of carbonyl (C=O) groups is 1. The molecule has 4 N–H and O–H groups in total. The van der Waals surface area contributed by atoms with Crippen LogP contribution in [0.4, 0.5) is 0 Å². The minimum atomic E-state index is -0.0145. The summed E-state index contributed by atoms with van der Waals surface area (Å²) in [6, 6.07) is -0.0145. The highest BCUT2D eigenvalue weighted by Gasteiger charge is 2.05. The number of amides is 1. The molecule has 0 aromatic heterocycles. The molecule has 0 saturated carbocycles. The van der Waals surface area contributed by atoms with Crippen molar-refractivity contribution in [1.29, 1.82) is 0 Å². The molecule has 1 amide bonds. The molecule has 0 aliphatic carbocycles. The maximum atomic E-state index is 11.3. The molecule has 0 aromatic rings. The van der Waals surface area contributed by atoms with Crippen molar-refractivity contribution in [3.8, 4) is 0 Å². The summed E-state index contributed by atoms with van der Waals surface area (Å²) in [7, 11) is 0. The Labute approximate surface area is 92.2 Å². The van der Waals surface area contributed by atoms with Crippen LogP contribution < -0.4 is 11.1 Å². The number of carbonyl (C=O) groups excluding carboxylic acids is 1. The molecule has 90 valence electrons. The molecule has 0 saturated heterocycles. The topological polar surface area (TPSA) is 75.4 Å². The first-order valence-corrected chi connectivity index (χ1v) is 5.83. The minimum Gasteiger partial charge on any atom is -0.396 e. The number of unbranched alkanes of at least 4 members (excludes halogenated alkanes) is 3. The first-order valence-electron chi connectivity index (χ1n) is 5.83. The van der Waals surface area contributed by atoms with Gasteiger partial charge in [0.1, 0.15) is 0 Å². The van der Waals surface area contributed by atoms with Crippen molar-refractivity contribution in [2.24, 2.45) is 5.73 Å². The molecule has 4 nitrogen and oxygen atoms in total. The lowest BCUT2D eigenvalue weighted by Crippen LogP contribution is -2.31. The van der Waals surface area contributed by atoms with Crippen molar-refractivity contribution in [2.75, 3.05) is 13.2 Å². The van der Waals surface area contributed by atoms with Crippen LogP contribution in [0.15, 0.2) is 0 Å². The zero-order valence-electron chi connectivity index (χ0n) is 9.67. The van der Waals surface area contributed by atoms with Crippen LogP contribution in [-0.4, -0.2) is 30.2 Å². The lowest BCUT2D eigenvalue weighted by atomic mass is 10.1. The summed E-state index contributed by atoms with van der Waals surface area (Å²) in [5.74, 6) is 0.0477. The Balaban J connectivity index is 3.24. The molecule has 15 heavy (non-hydrogen) atoms. The van der Waals surface area contributed by atoms with Crippen LogP contribution in [-0.2, 0) is 4.79 Å². The van der Waals surface area contributed by atoms with Gasteiger partial charge in [-0.15, -0.1) is 0 Å². The standard InChI is InChI=1S/C11H24N2O2/c1-2-10(12)9-11(15)13-7-5-3-4-6-8-14/h10,14H,2-9,12H2,1H3,(H,13,15). The highest BCUT2D eigenvalue weighted by Crippen LogP contribution is 1.98. The lowest BCUT2D eigenvalue weighted by molar-refractivity contribution is -0.121. The third kappa shape index (κ3) is 9.69. The minimum absolute atomic E-state index is 0.0145. The van der Waals surface area contributed by atoms with Crippen LogP contribution >= 0.6 is 0 Å². The van der Waals surface area contributed by atoms with Gasteiger partial charge < -0.3 is 16.2 Å². The van der Waals surface area contributed by atoms with E-state index in [0.717, 1.165) is 38.6 Å². The van der Waals surface area contributed by atoms with Gasteiger partial charge in [0.05, 0.1) is 0 Å². The second-order valence-electron chi connectivity index (χ2n) is 3.86. The maximum Gasteiger partial charge on any atom is 0.221 e. The zero-order chi connectivity index (χ0) is 11.5. The fourth-order valence-corrected chi connectivity index (χ4v) is 1.27. The maximum absolute atomic E-state index is 11.3. The molecule has 0 bridgehead atoms. The number of aliphatic hydroxyl groups is 1. The second-order valence-corrected chi connectivity index (χ2v) is 3.86. The zero-order valence-corrected chi connectivity index (χ0v) is 9.67.